The summed E-state index contributed by atoms with van der Waals surface area (Å²) in [5.74, 6) is 3.45. The summed E-state index contributed by atoms with van der Waals surface area (Å²) < 4.78 is 0. The van der Waals surface area contributed by atoms with E-state index < -0.39 is 0 Å². The Labute approximate surface area is 185 Å². The van der Waals surface area contributed by atoms with Crippen molar-refractivity contribution < 1.29 is 4.79 Å². The molecule has 5 rings (SSSR count). The van der Waals surface area contributed by atoms with Gasteiger partial charge in [0.05, 0.1) is 0 Å². The van der Waals surface area contributed by atoms with E-state index >= 15 is 0 Å². The Hall–Kier alpha value is -2.43. The average Bonchev–Trinajstić information content (AvgIpc) is 2.77. The van der Waals surface area contributed by atoms with Crippen LogP contribution >= 0.6 is 0 Å². The van der Waals surface area contributed by atoms with Gasteiger partial charge in [0.25, 0.3) is 0 Å². The van der Waals surface area contributed by atoms with Crippen molar-refractivity contribution in [3.8, 4) is 0 Å². The molecule has 5 nitrogen and oxygen atoms in total. The Morgan fingerprint density at radius 1 is 1.10 bits per heavy atom. The van der Waals surface area contributed by atoms with Crippen LogP contribution in [0.25, 0.3) is 0 Å². The molecule has 4 atom stereocenters. The number of hydrogen-bond donors (Lipinski definition) is 0. The molecule has 3 fully saturated rings. The predicted molar refractivity (Wildman–Crippen MR) is 123 cm³/mol. The number of fused-ring (bicyclic) bond motifs is 4. The summed E-state index contributed by atoms with van der Waals surface area (Å²) in [6, 6.07) is 13.5. The fourth-order valence-corrected chi connectivity index (χ4v) is 6.19. The van der Waals surface area contributed by atoms with Crippen LogP contribution in [-0.2, 0) is 17.6 Å². The number of rotatable bonds is 5. The zero-order valence-corrected chi connectivity index (χ0v) is 18.8. The van der Waals surface area contributed by atoms with Gasteiger partial charge in [-0.05, 0) is 56.4 Å². The van der Waals surface area contributed by atoms with E-state index in [0.717, 1.165) is 69.0 Å². The lowest BCUT2D eigenvalue weighted by atomic mass is 9.71. The predicted octanol–water partition coefficient (Wildman–Crippen LogP) is 4.19. The van der Waals surface area contributed by atoms with E-state index in [1.165, 1.54) is 12.0 Å². The molecule has 3 aliphatic rings. The van der Waals surface area contributed by atoms with E-state index in [-0.39, 0.29) is 6.04 Å². The maximum atomic E-state index is 13.1. The third-order valence-electron chi connectivity index (χ3n) is 7.47. The van der Waals surface area contributed by atoms with Crippen molar-refractivity contribution in [1.29, 1.82) is 0 Å². The Kier molecular flexibility index (Phi) is 5.68. The Morgan fingerprint density at radius 2 is 1.90 bits per heavy atom. The van der Waals surface area contributed by atoms with Gasteiger partial charge >= 0.3 is 0 Å². The molecule has 0 unspecified atom stereocenters. The number of aryl methyl sites for hydroxylation is 2. The molecule has 1 amide bonds. The van der Waals surface area contributed by atoms with Crippen LogP contribution in [0.2, 0.25) is 0 Å². The van der Waals surface area contributed by atoms with E-state index in [1.54, 1.807) is 0 Å². The van der Waals surface area contributed by atoms with Gasteiger partial charge in [-0.1, -0.05) is 37.3 Å². The van der Waals surface area contributed by atoms with Gasteiger partial charge in [-0.25, -0.2) is 9.97 Å². The second-order valence-corrected chi connectivity index (χ2v) is 9.71. The molecular weight excluding hydrogens is 384 g/mol. The average molecular weight is 419 g/mol. The fourth-order valence-electron chi connectivity index (χ4n) is 6.19. The quantitative estimate of drug-likeness (QED) is 0.731. The molecule has 0 N–H and O–H groups in total. The summed E-state index contributed by atoms with van der Waals surface area (Å²) in [6.45, 7) is 6.24. The van der Waals surface area contributed by atoms with Crippen LogP contribution in [0.5, 0.6) is 0 Å². The number of anilines is 1. The number of carbonyl (C=O) groups is 1. The van der Waals surface area contributed by atoms with Crippen LogP contribution in [0.15, 0.2) is 36.4 Å². The largest absolute Gasteiger partial charge is 0.356 e. The minimum absolute atomic E-state index is 0.289. The molecule has 1 aromatic carbocycles. The molecular formula is C26H34N4O. The second-order valence-electron chi connectivity index (χ2n) is 9.71. The van der Waals surface area contributed by atoms with Gasteiger partial charge in [-0.3, -0.25) is 4.79 Å². The fraction of sp³-hybridized carbons (Fsp3) is 0.577. The highest BCUT2D eigenvalue weighted by Gasteiger charge is 2.49. The summed E-state index contributed by atoms with van der Waals surface area (Å²) in [7, 11) is 0. The van der Waals surface area contributed by atoms with Crippen LogP contribution in [-0.4, -0.2) is 45.9 Å². The van der Waals surface area contributed by atoms with Gasteiger partial charge < -0.3 is 9.80 Å². The number of benzene rings is 1. The minimum Gasteiger partial charge on any atom is -0.356 e. The minimum atomic E-state index is 0.289. The lowest BCUT2D eigenvalue weighted by Crippen LogP contribution is -2.65. The van der Waals surface area contributed by atoms with Gasteiger partial charge in [0.2, 0.25) is 5.91 Å². The zero-order valence-electron chi connectivity index (χ0n) is 18.8. The molecule has 4 heterocycles. The molecule has 1 aromatic heterocycles. The van der Waals surface area contributed by atoms with Crippen molar-refractivity contribution in [3.63, 3.8) is 0 Å². The lowest BCUT2D eigenvalue weighted by molar-refractivity contribution is -0.148. The van der Waals surface area contributed by atoms with Crippen molar-refractivity contribution in [2.45, 2.75) is 70.9 Å². The van der Waals surface area contributed by atoms with Gasteiger partial charge in [0.1, 0.15) is 11.6 Å². The molecule has 0 aliphatic carbocycles. The number of aromatic nitrogens is 2. The van der Waals surface area contributed by atoms with Gasteiger partial charge in [0.15, 0.2) is 0 Å². The third kappa shape index (κ3) is 4.07. The molecule has 5 heteroatoms. The Balaban J connectivity index is 1.46. The second kappa shape index (κ2) is 8.60. The first-order chi connectivity index (χ1) is 15.1. The van der Waals surface area contributed by atoms with Crippen LogP contribution in [0.1, 0.15) is 56.1 Å². The molecule has 3 aliphatic heterocycles. The first-order valence-electron chi connectivity index (χ1n) is 12.1. The molecule has 31 heavy (non-hydrogen) atoms. The molecule has 0 radical (unpaired) electrons. The maximum Gasteiger partial charge on any atom is 0.223 e. The number of nitrogens with zero attached hydrogens (tertiary/aromatic N) is 4. The number of amides is 1. The first kappa shape index (κ1) is 20.5. The highest BCUT2D eigenvalue weighted by molar-refractivity contribution is 5.78. The van der Waals surface area contributed by atoms with Crippen LogP contribution in [0.3, 0.4) is 0 Å². The molecule has 3 saturated heterocycles. The summed E-state index contributed by atoms with van der Waals surface area (Å²) in [5, 5.41) is 0. The van der Waals surface area contributed by atoms with E-state index in [9.17, 15) is 4.79 Å². The van der Waals surface area contributed by atoms with E-state index in [2.05, 4.69) is 65.0 Å². The van der Waals surface area contributed by atoms with Gasteiger partial charge in [0, 0.05) is 49.8 Å². The van der Waals surface area contributed by atoms with Crippen molar-refractivity contribution in [1.82, 2.24) is 14.9 Å². The monoisotopic (exact) mass is 418 g/mol. The highest BCUT2D eigenvalue weighted by Crippen LogP contribution is 2.43. The van der Waals surface area contributed by atoms with Crippen molar-refractivity contribution in [3.05, 3.63) is 53.5 Å². The molecule has 2 bridgehead atoms. The first-order valence-corrected chi connectivity index (χ1v) is 12.1. The topological polar surface area (TPSA) is 49.3 Å². The standard InChI is InChI=1S/C26H34N4O/c1-3-8-24-27-18(2)13-25(28-24)29-16-20-15-21(17-29)23(14-19-9-5-4-6-10-19)30-22(20)11-7-12-26(30)31/h4-6,9-10,13,20-23H,3,7-8,11-12,14-17H2,1-2H3/t20-,21+,22+,23+/m1/s1. The molecule has 164 valence electrons. The zero-order chi connectivity index (χ0) is 21.4. The van der Waals surface area contributed by atoms with E-state index in [0.29, 0.717) is 23.8 Å². The summed E-state index contributed by atoms with van der Waals surface area (Å²) in [5.41, 5.74) is 2.39. The van der Waals surface area contributed by atoms with Crippen LogP contribution < -0.4 is 4.90 Å². The smallest absolute Gasteiger partial charge is 0.223 e. The van der Waals surface area contributed by atoms with Crippen molar-refractivity contribution in [2.24, 2.45) is 11.8 Å². The highest BCUT2D eigenvalue weighted by atomic mass is 16.2. The normalized spacial score (nSPS) is 27.9. The molecule has 2 aromatic rings. The van der Waals surface area contributed by atoms with E-state index in [4.69, 9.17) is 4.98 Å². The van der Waals surface area contributed by atoms with Crippen molar-refractivity contribution >= 4 is 11.7 Å². The lowest BCUT2D eigenvalue weighted by Gasteiger charge is -2.57. The number of hydrogen-bond acceptors (Lipinski definition) is 4. The Bertz CT molecular complexity index is 930. The van der Waals surface area contributed by atoms with Gasteiger partial charge in [-0.15, -0.1) is 0 Å². The summed E-state index contributed by atoms with van der Waals surface area (Å²) >= 11 is 0. The SMILES string of the molecule is CCCc1nc(C)cc(N2C[C@H]3C[C@@H](C2)[C@H](Cc2ccccc2)N2C(=O)CCC[C@@H]32)n1. The Morgan fingerprint density at radius 3 is 2.71 bits per heavy atom. The van der Waals surface area contributed by atoms with Crippen molar-refractivity contribution in [2.75, 3.05) is 18.0 Å². The number of carbonyl (C=O) groups excluding carboxylic acids is 1. The summed E-state index contributed by atoms with van der Waals surface area (Å²) in [4.78, 5) is 27.5. The maximum absolute atomic E-state index is 13.1. The van der Waals surface area contributed by atoms with Crippen LogP contribution in [0.4, 0.5) is 5.82 Å². The molecule has 0 spiro atoms. The summed E-state index contributed by atoms with van der Waals surface area (Å²) in [6.07, 6.45) is 7.07. The van der Waals surface area contributed by atoms with Crippen LogP contribution in [0, 0.1) is 18.8 Å². The molecule has 0 saturated carbocycles. The number of piperidine rings is 3. The van der Waals surface area contributed by atoms with Gasteiger partial charge in [-0.2, -0.15) is 0 Å². The third-order valence-corrected chi connectivity index (χ3v) is 7.47. The van der Waals surface area contributed by atoms with E-state index in [1.807, 2.05) is 0 Å².